The van der Waals surface area contributed by atoms with Gasteiger partial charge in [0, 0.05) is 18.3 Å². The maximum Gasteiger partial charge on any atom is 0.224 e. The SMILES string of the molecule is CC(C)(O)[C@H]1CC[C@H](Nc2nccc(-n3ncc4c(OCCO)cccc43)n2)CC1. The van der Waals surface area contributed by atoms with Gasteiger partial charge in [-0.15, -0.1) is 0 Å². The van der Waals surface area contributed by atoms with E-state index in [0.717, 1.165) is 36.6 Å². The number of aromatic nitrogens is 4. The van der Waals surface area contributed by atoms with E-state index >= 15 is 0 Å². The zero-order valence-corrected chi connectivity index (χ0v) is 17.5. The Hall–Kier alpha value is -2.71. The van der Waals surface area contributed by atoms with Gasteiger partial charge in [0.15, 0.2) is 5.82 Å². The predicted octanol–water partition coefficient (Wildman–Crippen LogP) is 2.93. The molecule has 30 heavy (non-hydrogen) atoms. The van der Waals surface area contributed by atoms with Gasteiger partial charge in [0.2, 0.25) is 5.95 Å². The Morgan fingerprint density at radius 3 is 2.73 bits per heavy atom. The molecule has 2 aromatic heterocycles. The molecule has 1 aliphatic carbocycles. The minimum Gasteiger partial charge on any atom is -0.490 e. The molecule has 8 heteroatoms. The third-order valence-corrected chi connectivity index (χ3v) is 5.84. The summed E-state index contributed by atoms with van der Waals surface area (Å²) in [6.07, 6.45) is 7.42. The van der Waals surface area contributed by atoms with Crippen molar-refractivity contribution in [2.24, 2.45) is 5.92 Å². The van der Waals surface area contributed by atoms with Crippen molar-refractivity contribution in [3.63, 3.8) is 0 Å². The second-order valence-corrected chi connectivity index (χ2v) is 8.40. The lowest BCUT2D eigenvalue weighted by atomic mass is 9.77. The van der Waals surface area contributed by atoms with Crippen molar-refractivity contribution in [1.29, 1.82) is 0 Å². The maximum atomic E-state index is 10.2. The molecular formula is C22H29N5O3. The van der Waals surface area contributed by atoms with Crippen LogP contribution in [0.3, 0.4) is 0 Å². The maximum absolute atomic E-state index is 10.2. The van der Waals surface area contributed by atoms with Crippen molar-refractivity contribution in [2.45, 2.75) is 51.2 Å². The van der Waals surface area contributed by atoms with E-state index < -0.39 is 5.60 Å². The number of ether oxygens (including phenoxy) is 1. The summed E-state index contributed by atoms with van der Waals surface area (Å²) in [5.41, 5.74) is 0.253. The zero-order valence-electron chi connectivity index (χ0n) is 17.5. The topological polar surface area (TPSA) is 105 Å². The highest BCUT2D eigenvalue weighted by Gasteiger charge is 2.31. The van der Waals surface area contributed by atoms with Gasteiger partial charge in [0.1, 0.15) is 12.4 Å². The zero-order chi connectivity index (χ0) is 21.1. The minimum absolute atomic E-state index is 0.0385. The van der Waals surface area contributed by atoms with Crippen molar-refractivity contribution in [3.8, 4) is 11.6 Å². The Morgan fingerprint density at radius 1 is 1.20 bits per heavy atom. The average molecular weight is 412 g/mol. The van der Waals surface area contributed by atoms with Crippen molar-refractivity contribution in [1.82, 2.24) is 19.7 Å². The predicted molar refractivity (Wildman–Crippen MR) is 115 cm³/mol. The van der Waals surface area contributed by atoms with E-state index in [9.17, 15) is 5.11 Å². The van der Waals surface area contributed by atoms with Gasteiger partial charge in [-0.05, 0) is 57.6 Å². The number of aliphatic hydroxyl groups excluding tert-OH is 1. The van der Waals surface area contributed by atoms with Crippen LogP contribution in [0.25, 0.3) is 16.7 Å². The van der Waals surface area contributed by atoms with Crippen molar-refractivity contribution < 1.29 is 14.9 Å². The second-order valence-electron chi connectivity index (χ2n) is 8.40. The van der Waals surface area contributed by atoms with Crippen LogP contribution in [-0.4, -0.2) is 54.8 Å². The molecule has 160 valence electrons. The van der Waals surface area contributed by atoms with Crippen LogP contribution in [0.5, 0.6) is 5.75 Å². The summed E-state index contributed by atoms with van der Waals surface area (Å²) in [7, 11) is 0. The van der Waals surface area contributed by atoms with E-state index in [0.29, 0.717) is 29.5 Å². The summed E-state index contributed by atoms with van der Waals surface area (Å²) in [5.74, 6) is 2.27. The molecular weight excluding hydrogens is 382 g/mol. The van der Waals surface area contributed by atoms with Crippen LogP contribution in [0.4, 0.5) is 5.95 Å². The first-order chi connectivity index (χ1) is 14.5. The van der Waals surface area contributed by atoms with Crippen LogP contribution >= 0.6 is 0 Å². The van der Waals surface area contributed by atoms with E-state index in [1.807, 2.05) is 38.1 Å². The number of nitrogens with zero attached hydrogens (tertiary/aromatic N) is 4. The smallest absolute Gasteiger partial charge is 0.224 e. The summed E-state index contributed by atoms with van der Waals surface area (Å²) in [4.78, 5) is 9.05. The fourth-order valence-electron chi connectivity index (χ4n) is 4.15. The number of anilines is 1. The van der Waals surface area contributed by atoms with Crippen LogP contribution < -0.4 is 10.1 Å². The van der Waals surface area contributed by atoms with E-state index in [1.165, 1.54) is 0 Å². The highest BCUT2D eigenvalue weighted by atomic mass is 16.5. The van der Waals surface area contributed by atoms with E-state index in [2.05, 4.69) is 20.4 Å². The number of rotatable bonds is 7. The minimum atomic E-state index is -0.623. The van der Waals surface area contributed by atoms with Crippen molar-refractivity contribution in [2.75, 3.05) is 18.5 Å². The summed E-state index contributed by atoms with van der Waals surface area (Å²) in [6, 6.07) is 7.84. The van der Waals surface area contributed by atoms with Crippen LogP contribution in [0.2, 0.25) is 0 Å². The third kappa shape index (κ3) is 4.39. The lowest BCUT2D eigenvalue weighted by Crippen LogP contribution is -2.37. The van der Waals surface area contributed by atoms with Gasteiger partial charge in [-0.2, -0.15) is 10.1 Å². The fourth-order valence-corrected chi connectivity index (χ4v) is 4.15. The fraction of sp³-hybridized carbons (Fsp3) is 0.500. The van der Waals surface area contributed by atoms with E-state index in [-0.39, 0.29) is 13.2 Å². The van der Waals surface area contributed by atoms with E-state index in [4.69, 9.17) is 9.84 Å². The molecule has 0 bridgehead atoms. The lowest BCUT2D eigenvalue weighted by Gasteiger charge is -2.36. The van der Waals surface area contributed by atoms with Gasteiger partial charge in [-0.25, -0.2) is 9.67 Å². The Labute approximate surface area is 175 Å². The normalized spacial score (nSPS) is 19.7. The van der Waals surface area contributed by atoms with Gasteiger partial charge in [0.25, 0.3) is 0 Å². The molecule has 0 atom stereocenters. The van der Waals surface area contributed by atoms with Gasteiger partial charge >= 0.3 is 0 Å². The Morgan fingerprint density at radius 2 is 2.00 bits per heavy atom. The van der Waals surface area contributed by atoms with Crippen LogP contribution in [0.1, 0.15) is 39.5 Å². The Kier molecular flexibility index (Phi) is 5.87. The van der Waals surface area contributed by atoms with Crippen molar-refractivity contribution >= 4 is 16.9 Å². The summed E-state index contributed by atoms with van der Waals surface area (Å²) in [6.45, 7) is 3.99. The monoisotopic (exact) mass is 411 g/mol. The molecule has 1 saturated carbocycles. The molecule has 0 radical (unpaired) electrons. The van der Waals surface area contributed by atoms with Gasteiger partial charge in [-0.1, -0.05) is 6.07 Å². The highest BCUT2D eigenvalue weighted by molar-refractivity contribution is 5.86. The molecule has 2 heterocycles. The first-order valence-electron chi connectivity index (χ1n) is 10.5. The molecule has 0 amide bonds. The molecule has 1 fully saturated rings. The first kappa shape index (κ1) is 20.6. The lowest BCUT2D eigenvalue weighted by molar-refractivity contribution is -0.000414. The number of fused-ring (bicyclic) bond motifs is 1. The first-order valence-corrected chi connectivity index (χ1v) is 10.5. The van der Waals surface area contributed by atoms with Crippen LogP contribution in [0, 0.1) is 5.92 Å². The molecule has 0 aliphatic heterocycles. The molecule has 0 unspecified atom stereocenters. The molecule has 8 nitrogen and oxygen atoms in total. The molecule has 1 aliphatic rings. The van der Waals surface area contributed by atoms with Gasteiger partial charge in [-0.3, -0.25) is 0 Å². The van der Waals surface area contributed by atoms with Crippen LogP contribution in [-0.2, 0) is 0 Å². The van der Waals surface area contributed by atoms with E-state index in [1.54, 1.807) is 17.1 Å². The quantitative estimate of drug-likeness (QED) is 0.549. The third-order valence-electron chi connectivity index (χ3n) is 5.84. The number of hydrogen-bond acceptors (Lipinski definition) is 7. The highest BCUT2D eigenvalue weighted by Crippen LogP contribution is 2.33. The number of aliphatic hydroxyl groups is 2. The molecule has 3 aromatic rings. The largest absolute Gasteiger partial charge is 0.490 e. The molecule has 0 saturated heterocycles. The summed E-state index contributed by atoms with van der Waals surface area (Å²) < 4.78 is 7.37. The summed E-state index contributed by atoms with van der Waals surface area (Å²) >= 11 is 0. The summed E-state index contributed by atoms with van der Waals surface area (Å²) in [5, 5.41) is 28.1. The average Bonchev–Trinajstić information content (AvgIpc) is 3.17. The van der Waals surface area contributed by atoms with Crippen molar-refractivity contribution in [3.05, 3.63) is 36.7 Å². The standard InChI is InChI=1S/C22H29N5O3/c1-22(2,29)15-6-8-16(9-7-15)25-21-23-11-10-20(26-21)27-18-4-3-5-19(30-13-12-28)17(18)14-24-27/h3-5,10-11,14-16,28-29H,6-9,12-13H2,1-2H3,(H,23,25,26)/t15-,16-. The van der Waals surface area contributed by atoms with Gasteiger partial charge < -0.3 is 20.3 Å². The molecule has 4 rings (SSSR count). The van der Waals surface area contributed by atoms with Gasteiger partial charge in [0.05, 0.1) is 29.3 Å². The molecule has 3 N–H and O–H groups in total. The number of benzene rings is 1. The second kappa shape index (κ2) is 8.57. The molecule has 0 spiro atoms. The van der Waals surface area contributed by atoms with Crippen LogP contribution in [0.15, 0.2) is 36.7 Å². The Bertz CT molecular complexity index is 990. The molecule has 1 aromatic carbocycles. The Balaban J connectivity index is 1.50. The number of nitrogens with one attached hydrogen (secondary N) is 1. The number of hydrogen-bond donors (Lipinski definition) is 3.